The largest absolute Gasteiger partial charge is 0.394 e. The first-order chi connectivity index (χ1) is 15.5. The zero-order valence-electron chi connectivity index (χ0n) is 17.1. The fourth-order valence-corrected chi connectivity index (χ4v) is 4.68. The SMILES string of the molecule is O=c1cc(-c2ccnc(NC3CC4CC3CO4)n2)ccn1C(CO)c1ccc(Cl)c(F)c1. The van der Waals surface area contributed by atoms with Gasteiger partial charge in [-0.3, -0.25) is 4.79 Å². The number of rotatable bonds is 6. The van der Waals surface area contributed by atoms with Gasteiger partial charge >= 0.3 is 0 Å². The summed E-state index contributed by atoms with van der Waals surface area (Å²) in [6.45, 7) is 0.402. The van der Waals surface area contributed by atoms with E-state index in [9.17, 15) is 14.3 Å². The lowest BCUT2D eigenvalue weighted by Crippen LogP contribution is -2.30. The number of ether oxygens (including phenoxy) is 1. The van der Waals surface area contributed by atoms with Crippen LogP contribution >= 0.6 is 11.6 Å². The molecule has 0 amide bonds. The van der Waals surface area contributed by atoms with Crippen LogP contribution in [-0.4, -0.2) is 45.0 Å². The molecule has 4 atom stereocenters. The molecule has 5 rings (SSSR count). The lowest BCUT2D eigenvalue weighted by atomic mass is 10.1. The van der Waals surface area contributed by atoms with Gasteiger partial charge in [0.25, 0.3) is 5.56 Å². The number of aliphatic hydroxyl groups is 1. The number of benzene rings is 1. The van der Waals surface area contributed by atoms with Gasteiger partial charge in [-0.05, 0) is 42.7 Å². The number of pyridine rings is 1. The third-order valence-corrected chi connectivity index (χ3v) is 6.56. The summed E-state index contributed by atoms with van der Waals surface area (Å²) in [5, 5.41) is 13.3. The third-order valence-electron chi connectivity index (χ3n) is 6.25. The van der Waals surface area contributed by atoms with Gasteiger partial charge in [0.2, 0.25) is 5.95 Å². The van der Waals surface area contributed by atoms with Crippen molar-refractivity contribution in [3.8, 4) is 11.3 Å². The topological polar surface area (TPSA) is 89.3 Å². The molecule has 9 heteroatoms. The maximum atomic E-state index is 13.9. The molecule has 1 aliphatic carbocycles. The molecule has 2 aromatic heterocycles. The van der Waals surface area contributed by atoms with Gasteiger partial charge in [-0.15, -0.1) is 0 Å². The van der Waals surface area contributed by atoms with E-state index in [4.69, 9.17) is 16.3 Å². The summed E-state index contributed by atoms with van der Waals surface area (Å²) in [4.78, 5) is 21.8. The molecule has 2 bridgehead atoms. The fraction of sp³-hybridized carbons (Fsp3) is 0.348. The van der Waals surface area contributed by atoms with Crippen LogP contribution < -0.4 is 10.9 Å². The molecule has 1 aliphatic heterocycles. The number of aromatic nitrogens is 3. The highest BCUT2D eigenvalue weighted by Gasteiger charge is 2.41. The van der Waals surface area contributed by atoms with Gasteiger partial charge in [-0.25, -0.2) is 14.4 Å². The molecule has 1 aromatic carbocycles. The minimum atomic E-state index is -0.731. The highest BCUT2D eigenvalue weighted by atomic mass is 35.5. The van der Waals surface area contributed by atoms with Gasteiger partial charge in [0, 0.05) is 36.0 Å². The van der Waals surface area contributed by atoms with Crippen molar-refractivity contribution in [2.24, 2.45) is 5.92 Å². The van der Waals surface area contributed by atoms with Crippen molar-refractivity contribution in [1.82, 2.24) is 14.5 Å². The number of aliphatic hydroxyl groups excluding tert-OH is 1. The maximum absolute atomic E-state index is 13.9. The summed E-state index contributed by atoms with van der Waals surface area (Å²) < 4.78 is 20.9. The molecule has 2 fully saturated rings. The number of halogens is 2. The number of nitrogens with one attached hydrogen (secondary N) is 1. The Bertz CT molecular complexity index is 1200. The molecular weight excluding hydrogens is 435 g/mol. The van der Waals surface area contributed by atoms with Gasteiger partial charge in [0.1, 0.15) is 5.82 Å². The number of hydrogen-bond donors (Lipinski definition) is 2. The van der Waals surface area contributed by atoms with Crippen LogP contribution in [0.25, 0.3) is 11.3 Å². The van der Waals surface area contributed by atoms with Crippen molar-refractivity contribution in [3.63, 3.8) is 0 Å². The summed E-state index contributed by atoms with van der Waals surface area (Å²) in [6, 6.07) is 8.73. The Hall–Kier alpha value is -2.81. The van der Waals surface area contributed by atoms with E-state index in [1.54, 1.807) is 30.6 Å². The predicted molar refractivity (Wildman–Crippen MR) is 118 cm³/mol. The first-order valence-corrected chi connectivity index (χ1v) is 10.9. The quantitative estimate of drug-likeness (QED) is 0.591. The van der Waals surface area contributed by atoms with E-state index in [1.807, 2.05) is 0 Å². The molecule has 32 heavy (non-hydrogen) atoms. The highest BCUT2D eigenvalue weighted by Crippen LogP contribution is 2.36. The molecule has 0 radical (unpaired) electrons. The van der Waals surface area contributed by atoms with Crippen LogP contribution in [0.15, 0.2) is 53.6 Å². The van der Waals surface area contributed by atoms with E-state index >= 15 is 0 Å². The van der Waals surface area contributed by atoms with Gasteiger partial charge in [-0.1, -0.05) is 17.7 Å². The lowest BCUT2D eigenvalue weighted by Gasteiger charge is -2.23. The van der Waals surface area contributed by atoms with Crippen molar-refractivity contribution >= 4 is 17.5 Å². The first-order valence-electron chi connectivity index (χ1n) is 10.5. The Morgan fingerprint density at radius 3 is 2.84 bits per heavy atom. The smallest absolute Gasteiger partial charge is 0.251 e. The van der Waals surface area contributed by atoms with Crippen molar-refractivity contribution < 1.29 is 14.2 Å². The van der Waals surface area contributed by atoms with Crippen LogP contribution in [0.3, 0.4) is 0 Å². The first kappa shape index (κ1) is 21.1. The van der Waals surface area contributed by atoms with E-state index < -0.39 is 11.9 Å². The van der Waals surface area contributed by atoms with E-state index in [0.29, 0.717) is 40.8 Å². The Morgan fingerprint density at radius 1 is 1.28 bits per heavy atom. The molecule has 1 saturated carbocycles. The molecule has 0 spiro atoms. The minimum Gasteiger partial charge on any atom is -0.394 e. The van der Waals surface area contributed by atoms with Crippen LogP contribution in [-0.2, 0) is 4.74 Å². The average molecular weight is 457 g/mol. The van der Waals surface area contributed by atoms with E-state index in [0.717, 1.165) is 19.4 Å². The molecule has 2 aliphatic rings. The Labute approximate surface area is 188 Å². The number of fused-ring (bicyclic) bond motifs is 2. The van der Waals surface area contributed by atoms with Crippen molar-refractivity contribution in [2.75, 3.05) is 18.5 Å². The summed E-state index contributed by atoms with van der Waals surface area (Å²) in [5.41, 5.74) is 1.36. The second-order valence-corrected chi connectivity index (χ2v) is 8.64. The predicted octanol–water partition coefficient (Wildman–Crippen LogP) is 3.27. The fourth-order valence-electron chi connectivity index (χ4n) is 4.57. The van der Waals surface area contributed by atoms with Crippen molar-refractivity contribution in [3.05, 3.63) is 75.5 Å². The molecule has 3 heterocycles. The van der Waals surface area contributed by atoms with E-state index in [-0.39, 0.29) is 17.2 Å². The summed E-state index contributed by atoms with van der Waals surface area (Å²) in [6.07, 6.45) is 5.57. The van der Waals surface area contributed by atoms with Crippen LogP contribution in [0.2, 0.25) is 5.02 Å². The van der Waals surface area contributed by atoms with Gasteiger partial charge in [0.05, 0.1) is 36.1 Å². The zero-order chi connectivity index (χ0) is 22.2. The number of anilines is 1. The standard InChI is InChI=1S/C23H22ClFN4O3/c24-17-2-1-14(8-18(17)25)21(11-30)29-6-4-13(9-22(29)31)19-3-5-26-23(27-19)28-20-10-16-7-15(20)12-32-16/h1-6,8-9,15-16,20-21,30H,7,10-12H2,(H,26,27,28). The summed E-state index contributed by atoms with van der Waals surface area (Å²) >= 11 is 5.75. The van der Waals surface area contributed by atoms with E-state index in [2.05, 4.69) is 15.3 Å². The lowest BCUT2D eigenvalue weighted by molar-refractivity contribution is 0.0723. The summed E-state index contributed by atoms with van der Waals surface area (Å²) in [5.74, 6) is 0.397. The van der Waals surface area contributed by atoms with Gasteiger partial charge in [-0.2, -0.15) is 0 Å². The molecule has 3 aromatic rings. The van der Waals surface area contributed by atoms with Crippen LogP contribution in [0.5, 0.6) is 0 Å². The molecule has 166 valence electrons. The monoisotopic (exact) mass is 456 g/mol. The minimum absolute atomic E-state index is 0.0146. The van der Waals surface area contributed by atoms with E-state index in [1.165, 1.54) is 22.8 Å². The average Bonchev–Trinajstić information content (AvgIpc) is 3.41. The Morgan fingerprint density at radius 2 is 2.16 bits per heavy atom. The van der Waals surface area contributed by atoms with Crippen molar-refractivity contribution in [1.29, 1.82) is 0 Å². The number of nitrogens with zero attached hydrogens (tertiary/aromatic N) is 3. The van der Waals surface area contributed by atoms with Gasteiger partial charge < -0.3 is 19.7 Å². The number of hydrogen-bond acceptors (Lipinski definition) is 6. The third kappa shape index (κ3) is 4.01. The molecular formula is C23H22ClFN4O3. The molecule has 7 nitrogen and oxygen atoms in total. The summed E-state index contributed by atoms with van der Waals surface area (Å²) in [7, 11) is 0. The Kier molecular flexibility index (Phi) is 5.67. The van der Waals surface area contributed by atoms with Crippen LogP contribution in [0, 0.1) is 11.7 Å². The molecule has 4 unspecified atom stereocenters. The van der Waals surface area contributed by atoms with Crippen LogP contribution in [0.4, 0.5) is 10.3 Å². The van der Waals surface area contributed by atoms with Crippen molar-refractivity contribution in [2.45, 2.75) is 31.0 Å². The molecule has 2 N–H and O–H groups in total. The normalized spacial score (nSPS) is 22.8. The zero-order valence-corrected chi connectivity index (χ0v) is 17.9. The second-order valence-electron chi connectivity index (χ2n) is 8.24. The maximum Gasteiger partial charge on any atom is 0.251 e. The Balaban J connectivity index is 1.39. The van der Waals surface area contributed by atoms with Gasteiger partial charge in [0.15, 0.2) is 0 Å². The molecule has 1 saturated heterocycles. The highest BCUT2D eigenvalue weighted by molar-refractivity contribution is 6.30. The van der Waals surface area contributed by atoms with Crippen LogP contribution in [0.1, 0.15) is 24.4 Å². The second kappa shape index (κ2) is 8.61.